The first-order valence-corrected chi connectivity index (χ1v) is 4.89. The van der Waals surface area contributed by atoms with E-state index in [1.165, 1.54) is 0 Å². The molecule has 0 radical (unpaired) electrons. The normalized spacial score (nSPS) is 21.9. The highest BCUT2D eigenvalue weighted by Crippen LogP contribution is 2.26. The van der Waals surface area contributed by atoms with E-state index in [1.54, 1.807) is 6.92 Å². The molecule has 1 fully saturated rings. The van der Waals surface area contributed by atoms with Gasteiger partial charge >= 0.3 is 5.97 Å². The van der Waals surface area contributed by atoms with Crippen molar-refractivity contribution in [1.29, 1.82) is 0 Å². The van der Waals surface area contributed by atoms with E-state index in [9.17, 15) is 9.59 Å². The zero-order valence-corrected chi connectivity index (χ0v) is 8.04. The van der Waals surface area contributed by atoms with Crippen molar-refractivity contribution in [3.05, 3.63) is 0 Å². The fraction of sp³-hybridized carbons (Fsp3) is 0.800. The molecule has 0 heterocycles. The maximum atomic E-state index is 11.0. The van der Waals surface area contributed by atoms with E-state index in [2.05, 4.69) is 0 Å². The van der Waals surface area contributed by atoms with Crippen molar-refractivity contribution < 1.29 is 14.3 Å². The quantitative estimate of drug-likeness (QED) is 0.624. The second-order valence-electron chi connectivity index (χ2n) is 3.49. The summed E-state index contributed by atoms with van der Waals surface area (Å²) >= 11 is 0. The Bertz CT molecular complexity index is 198. The standard InChI is InChI=1S/C10H16O3/c1-2-13-10(12)6-4-8-3-5-9(11)7-8/h8H,2-7H2,1H3. The number of hydrogen-bond acceptors (Lipinski definition) is 3. The van der Waals surface area contributed by atoms with Gasteiger partial charge in [-0.25, -0.2) is 0 Å². The molecule has 3 heteroatoms. The molecule has 0 aromatic carbocycles. The van der Waals surface area contributed by atoms with E-state index < -0.39 is 0 Å². The molecule has 0 amide bonds. The van der Waals surface area contributed by atoms with Gasteiger partial charge in [0, 0.05) is 19.3 Å². The molecule has 0 aromatic heterocycles. The van der Waals surface area contributed by atoms with Crippen molar-refractivity contribution in [3.63, 3.8) is 0 Å². The smallest absolute Gasteiger partial charge is 0.305 e. The Kier molecular flexibility index (Phi) is 3.93. The van der Waals surface area contributed by atoms with E-state index in [0.29, 0.717) is 37.6 Å². The van der Waals surface area contributed by atoms with E-state index in [0.717, 1.165) is 12.8 Å². The van der Waals surface area contributed by atoms with Crippen LogP contribution in [0.3, 0.4) is 0 Å². The lowest BCUT2D eigenvalue weighted by Gasteiger charge is -2.06. The summed E-state index contributed by atoms with van der Waals surface area (Å²) in [5.74, 6) is 0.632. The van der Waals surface area contributed by atoms with Crippen LogP contribution < -0.4 is 0 Å². The molecule has 0 aliphatic heterocycles. The molecule has 0 saturated heterocycles. The summed E-state index contributed by atoms with van der Waals surface area (Å²) in [6.45, 7) is 2.25. The molecule has 1 atom stereocenters. The number of carbonyl (C=O) groups is 2. The van der Waals surface area contributed by atoms with Crippen molar-refractivity contribution >= 4 is 11.8 Å². The number of rotatable bonds is 4. The second-order valence-corrected chi connectivity index (χ2v) is 3.49. The molecule has 3 nitrogen and oxygen atoms in total. The van der Waals surface area contributed by atoms with Crippen molar-refractivity contribution in [2.45, 2.75) is 39.0 Å². The maximum Gasteiger partial charge on any atom is 0.305 e. The van der Waals surface area contributed by atoms with Gasteiger partial charge in [0.15, 0.2) is 0 Å². The summed E-state index contributed by atoms with van der Waals surface area (Å²) in [4.78, 5) is 21.9. The lowest BCUT2D eigenvalue weighted by molar-refractivity contribution is -0.143. The molecule has 0 bridgehead atoms. The number of Topliss-reactive ketones (excluding diaryl/α,β-unsaturated/α-hetero) is 1. The number of hydrogen-bond donors (Lipinski definition) is 0. The summed E-state index contributed by atoms with van der Waals surface area (Å²) in [5, 5.41) is 0. The second kappa shape index (κ2) is 5.00. The third-order valence-electron chi connectivity index (χ3n) is 2.41. The van der Waals surface area contributed by atoms with Crippen molar-refractivity contribution in [1.82, 2.24) is 0 Å². The van der Waals surface area contributed by atoms with Crippen LogP contribution in [0.15, 0.2) is 0 Å². The molecule has 0 spiro atoms. The minimum absolute atomic E-state index is 0.137. The first kappa shape index (κ1) is 10.2. The molecule has 0 aromatic rings. The summed E-state index contributed by atoms with van der Waals surface area (Å²) in [6, 6.07) is 0. The average molecular weight is 184 g/mol. The third kappa shape index (κ3) is 3.57. The Morgan fingerprint density at radius 2 is 2.38 bits per heavy atom. The predicted molar refractivity (Wildman–Crippen MR) is 48.2 cm³/mol. The van der Waals surface area contributed by atoms with Crippen LogP contribution in [0.5, 0.6) is 0 Å². The highest BCUT2D eigenvalue weighted by atomic mass is 16.5. The van der Waals surface area contributed by atoms with Gasteiger partial charge in [-0.1, -0.05) is 0 Å². The monoisotopic (exact) mass is 184 g/mol. The zero-order chi connectivity index (χ0) is 9.68. The van der Waals surface area contributed by atoms with Crippen LogP contribution in [0.1, 0.15) is 39.0 Å². The summed E-state index contributed by atoms with van der Waals surface area (Å²) < 4.78 is 4.80. The van der Waals surface area contributed by atoms with Crippen LogP contribution in [0.4, 0.5) is 0 Å². The minimum atomic E-state index is -0.137. The average Bonchev–Trinajstić information content (AvgIpc) is 2.49. The number of esters is 1. The molecular weight excluding hydrogens is 168 g/mol. The van der Waals surface area contributed by atoms with Crippen LogP contribution in [0.2, 0.25) is 0 Å². The maximum absolute atomic E-state index is 11.0. The van der Waals surface area contributed by atoms with E-state index in [4.69, 9.17) is 4.74 Å². The SMILES string of the molecule is CCOC(=O)CCC1CCC(=O)C1. The molecule has 1 aliphatic carbocycles. The first-order chi connectivity index (χ1) is 6.22. The molecular formula is C10H16O3. The van der Waals surface area contributed by atoms with Gasteiger partial charge in [0.25, 0.3) is 0 Å². The van der Waals surface area contributed by atoms with E-state index >= 15 is 0 Å². The Balaban J connectivity index is 2.12. The highest BCUT2D eigenvalue weighted by molar-refractivity contribution is 5.80. The van der Waals surface area contributed by atoms with E-state index in [-0.39, 0.29) is 5.97 Å². The third-order valence-corrected chi connectivity index (χ3v) is 2.41. The van der Waals surface area contributed by atoms with Crippen LogP contribution in [-0.2, 0) is 14.3 Å². The van der Waals surface area contributed by atoms with Crippen LogP contribution >= 0.6 is 0 Å². The van der Waals surface area contributed by atoms with Gasteiger partial charge in [-0.05, 0) is 25.7 Å². The highest BCUT2D eigenvalue weighted by Gasteiger charge is 2.22. The Morgan fingerprint density at radius 3 is 2.92 bits per heavy atom. The molecule has 1 saturated carbocycles. The lowest BCUT2D eigenvalue weighted by Crippen LogP contribution is -2.06. The minimum Gasteiger partial charge on any atom is -0.466 e. The Morgan fingerprint density at radius 1 is 1.62 bits per heavy atom. The molecule has 0 N–H and O–H groups in total. The molecule has 1 aliphatic rings. The lowest BCUT2D eigenvalue weighted by atomic mass is 10.0. The number of ether oxygens (including phenoxy) is 1. The molecule has 1 rings (SSSR count). The van der Waals surface area contributed by atoms with Gasteiger partial charge in [-0.3, -0.25) is 9.59 Å². The molecule has 13 heavy (non-hydrogen) atoms. The van der Waals surface area contributed by atoms with Gasteiger partial charge in [0.1, 0.15) is 5.78 Å². The van der Waals surface area contributed by atoms with E-state index in [1.807, 2.05) is 0 Å². The summed E-state index contributed by atoms with van der Waals surface area (Å²) in [7, 11) is 0. The largest absolute Gasteiger partial charge is 0.466 e. The van der Waals surface area contributed by atoms with Gasteiger partial charge in [0.05, 0.1) is 6.61 Å². The zero-order valence-electron chi connectivity index (χ0n) is 8.04. The summed E-state index contributed by atoms with van der Waals surface area (Å²) in [5.41, 5.74) is 0. The van der Waals surface area contributed by atoms with Crippen molar-refractivity contribution in [2.24, 2.45) is 5.92 Å². The Hall–Kier alpha value is -0.860. The van der Waals surface area contributed by atoms with Crippen molar-refractivity contribution in [3.8, 4) is 0 Å². The topological polar surface area (TPSA) is 43.4 Å². The van der Waals surface area contributed by atoms with Gasteiger partial charge < -0.3 is 4.74 Å². The van der Waals surface area contributed by atoms with Gasteiger partial charge in [-0.15, -0.1) is 0 Å². The van der Waals surface area contributed by atoms with Crippen LogP contribution in [0, 0.1) is 5.92 Å². The van der Waals surface area contributed by atoms with Gasteiger partial charge in [0.2, 0.25) is 0 Å². The van der Waals surface area contributed by atoms with Gasteiger partial charge in [-0.2, -0.15) is 0 Å². The Labute approximate surface area is 78.5 Å². The fourth-order valence-corrected chi connectivity index (χ4v) is 1.69. The van der Waals surface area contributed by atoms with Crippen LogP contribution in [-0.4, -0.2) is 18.4 Å². The number of ketones is 1. The van der Waals surface area contributed by atoms with Crippen molar-refractivity contribution in [2.75, 3.05) is 6.61 Å². The number of carbonyl (C=O) groups excluding carboxylic acids is 2. The molecule has 1 unspecified atom stereocenters. The summed E-state index contributed by atoms with van der Waals surface area (Å²) in [6.07, 6.45) is 3.60. The van der Waals surface area contributed by atoms with Crippen LogP contribution in [0.25, 0.3) is 0 Å². The molecule has 74 valence electrons. The predicted octanol–water partition coefficient (Wildman–Crippen LogP) is 1.70. The first-order valence-electron chi connectivity index (χ1n) is 4.89. The fourth-order valence-electron chi connectivity index (χ4n) is 1.69.